The number of benzene rings is 1. The Morgan fingerprint density at radius 2 is 1.82 bits per heavy atom. The minimum Gasteiger partial charge on any atom is -0.496 e. The van der Waals surface area contributed by atoms with Crippen molar-refractivity contribution in [3.63, 3.8) is 0 Å². The maximum Gasteiger partial charge on any atom is 0.407 e. The Morgan fingerprint density at radius 1 is 1.08 bits per heavy atom. The van der Waals surface area contributed by atoms with Crippen LogP contribution < -0.4 is 29.7 Å². The second-order valence-corrected chi connectivity index (χ2v) is 20.0. The fraction of sp³-hybridized carbons (Fsp3) is 0.628. The summed E-state index contributed by atoms with van der Waals surface area (Å²) in [4.78, 5) is 77.0. The van der Waals surface area contributed by atoms with Gasteiger partial charge in [0, 0.05) is 43.8 Å². The number of sulfonamides is 1. The molecule has 60 heavy (non-hydrogen) atoms. The summed E-state index contributed by atoms with van der Waals surface area (Å²) in [6.45, 7) is 9.31. The minimum atomic E-state index is -3.93. The number of cyclic esters (lactones) is 1. The van der Waals surface area contributed by atoms with E-state index >= 15 is 0 Å². The summed E-state index contributed by atoms with van der Waals surface area (Å²) < 4.78 is 46.3. The average molecular weight is 851 g/mol. The molecule has 1 saturated heterocycles. The van der Waals surface area contributed by atoms with E-state index in [1.54, 1.807) is 26.3 Å². The van der Waals surface area contributed by atoms with Crippen LogP contribution in [0.5, 0.6) is 11.5 Å². The summed E-state index contributed by atoms with van der Waals surface area (Å²) in [5.74, 6) is -1.71. The maximum absolute atomic E-state index is 15.0. The van der Waals surface area contributed by atoms with Crippen molar-refractivity contribution in [1.82, 2.24) is 25.2 Å². The molecule has 1 aromatic heterocycles. The molecule has 1 unspecified atom stereocenters. The second kappa shape index (κ2) is 16.8. The van der Waals surface area contributed by atoms with Crippen molar-refractivity contribution in [3.8, 4) is 11.5 Å². The molecule has 0 radical (unpaired) electrons. The number of ether oxygens (including phenoxy) is 3. The van der Waals surface area contributed by atoms with Gasteiger partial charge in [-0.15, -0.1) is 6.58 Å². The molecule has 5 aliphatic rings. The van der Waals surface area contributed by atoms with Crippen molar-refractivity contribution < 1.29 is 46.6 Å². The number of aromatic nitrogens is 1. The monoisotopic (exact) mass is 850 g/mol. The van der Waals surface area contributed by atoms with Gasteiger partial charge in [0.05, 0.1) is 31.0 Å². The Morgan fingerprint density at radius 3 is 2.47 bits per heavy atom. The van der Waals surface area contributed by atoms with E-state index in [0.717, 1.165) is 31.2 Å². The van der Waals surface area contributed by atoms with E-state index < -0.39 is 74.1 Å². The Hall–Kier alpha value is -4.93. The highest BCUT2D eigenvalue weighted by Gasteiger charge is 2.62. The van der Waals surface area contributed by atoms with Gasteiger partial charge in [0.15, 0.2) is 0 Å². The molecular weight excluding hydrogens is 793 g/mol. The van der Waals surface area contributed by atoms with Gasteiger partial charge >= 0.3 is 6.09 Å². The molecule has 3 N–H and O–H groups in total. The van der Waals surface area contributed by atoms with Crippen LogP contribution in [-0.4, -0.2) is 104 Å². The zero-order valence-electron chi connectivity index (χ0n) is 35.2. The number of rotatable bonds is 9. The number of alkyl carbamates (subject to hydrolysis) is 1. The lowest BCUT2D eigenvalue weighted by Gasteiger charge is -2.35. The molecule has 4 fully saturated rings. The molecule has 3 aliphatic carbocycles. The van der Waals surface area contributed by atoms with E-state index in [2.05, 4.69) is 21.9 Å². The average Bonchev–Trinajstić information content (AvgIpc) is 4.15. The predicted molar refractivity (Wildman–Crippen MR) is 223 cm³/mol. The molecule has 2 aliphatic heterocycles. The standard InChI is InChI=1S/C43H58N6O10S/c1-7-28-22-43(28,40(53)47-60(55,56)30-15-16-30)46-38(51)33-19-29-23-49(33)39(52)37(26-12-9-8-10-13-26)45-41(54)58-24-42(3,4)17-11-14-27-18-31-32(20-34(27)57-6)44-36(21-35(31)59-29)48(5)25(2)50/h7,18,20-21,26,28-30,33,37H,1,8-17,19,22-24H2,2-6H3,(H,45,54)(H,46,51)(H,47,53)/t28-,29-,33+,37+,43?/m1/s1. The summed E-state index contributed by atoms with van der Waals surface area (Å²) >= 11 is 0. The zero-order chi connectivity index (χ0) is 43.1. The molecule has 0 spiro atoms. The van der Waals surface area contributed by atoms with Crippen LogP contribution in [0, 0.1) is 17.3 Å². The Kier molecular flexibility index (Phi) is 12.1. The first-order chi connectivity index (χ1) is 28.4. The van der Waals surface area contributed by atoms with Gasteiger partial charge in [-0.05, 0) is 74.3 Å². The Labute approximate surface area is 351 Å². The third-order valence-corrected chi connectivity index (χ3v) is 14.7. The van der Waals surface area contributed by atoms with E-state index in [9.17, 15) is 32.4 Å². The van der Waals surface area contributed by atoms with Crippen LogP contribution >= 0.6 is 0 Å². The van der Waals surface area contributed by atoms with Gasteiger partial charge < -0.3 is 34.6 Å². The molecular formula is C43H58N6O10S. The lowest BCUT2D eigenvalue weighted by atomic mass is 9.83. The number of pyridine rings is 1. The first-order valence-corrected chi connectivity index (χ1v) is 22.7. The Balaban J connectivity index is 1.29. The number of carbonyl (C=O) groups excluding carboxylic acids is 5. The number of nitrogens with one attached hydrogen (secondary N) is 3. The molecule has 5 atom stereocenters. The highest BCUT2D eigenvalue weighted by Crippen LogP contribution is 2.46. The fourth-order valence-electron chi connectivity index (χ4n) is 8.93. The number of nitrogens with zero attached hydrogens (tertiary/aromatic N) is 3. The van der Waals surface area contributed by atoms with Gasteiger partial charge in [-0.1, -0.05) is 39.2 Å². The van der Waals surface area contributed by atoms with Gasteiger partial charge in [-0.2, -0.15) is 0 Å². The van der Waals surface area contributed by atoms with Crippen molar-refractivity contribution in [1.29, 1.82) is 0 Å². The molecule has 17 heteroatoms. The lowest BCUT2D eigenvalue weighted by molar-refractivity contribution is -0.142. The van der Waals surface area contributed by atoms with E-state index in [-0.39, 0.29) is 37.8 Å². The maximum atomic E-state index is 15.0. The van der Waals surface area contributed by atoms with Gasteiger partial charge in [0.1, 0.15) is 41.0 Å². The van der Waals surface area contributed by atoms with E-state index in [0.29, 0.717) is 66.7 Å². The smallest absolute Gasteiger partial charge is 0.407 e. The van der Waals surface area contributed by atoms with Crippen LogP contribution in [0.3, 0.4) is 0 Å². The second-order valence-electron chi connectivity index (χ2n) is 18.0. The van der Waals surface area contributed by atoms with Crippen molar-refractivity contribution in [2.24, 2.45) is 17.3 Å². The number of anilines is 1. The molecule has 5 amide bonds. The van der Waals surface area contributed by atoms with Crippen LogP contribution in [0.1, 0.15) is 97.0 Å². The number of fused-ring (bicyclic) bond motifs is 3. The first kappa shape index (κ1) is 43.2. The van der Waals surface area contributed by atoms with Gasteiger partial charge in [-0.3, -0.25) is 23.9 Å². The highest BCUT2D eigenvalue weighted by molar-refractivity contribution is 7.91. The molecule has 3 heterocycles. The molecule has 1 aromatic carbocycles. The predicted octanol–water partition coefficient (Wildman–Crippen LogP) is 4.28. The van der Waals surface area contributed by atoms with E-state index in [1.807, 2.05) is 19.9 Å². The minimum absolute atomic E-state index is 0.00483. The van der Waals surface area contributed by atoms with Crippen LogP contribution in [0.25, 0.3) is 10.9 Å². The summed E-state index contributed by atoms with van der Waals surface area (Å²) in [6.07, 6.45) is 7.23. The largest absolute Gasteiger partial charge is 0.496 e. The molecule has 7 rings (SSSR count). The molecule has 3 saturated carbocycles. The van der Waals surface area contributed by atoms with Crippen LogP contribution in [0.4, 0.5) is 10.6 Å². The third-order valence-electron chi connectivity index (χ3n) is 12.9. The zero-order valence-corrected chi connectivity index (χ0v) is 36.0. The highest BCUT2D eigenvalue weighted by atomic mass is 32.2. The normalized spacial score (nSPS) is 27.4. The van der Waals surface area contributed by atoms with Crippen LogP contribution in [0.15, 0.2) is 30.9 Å². The lowest BCUT2D eigenvalue weighted by Crippen LogP contribution is -2.59. The van der Waals surface area contributed by atoms with E-state index in [1.165, 1.54) is 22.8 Å². The van der Waals surface area contributed by atoms with Gasteiger partial charge in [0.25, 0.3) is 5.91 Å². The summed E-state index contributed by atoms with van der Waals surface area (Å²) in [6, 6.07) is 3.24. The van der Waals surface area contributed by atoms with Crippen LogP contribution in [0.2, 0.25) is 0 Å². The van der Waals surface area contributed by atoms with Crippen molar-refractivity contribution in [2.75, 3.05) is 32.2 Å². The number of amides is 5. The van der Waals surface area contributed by atoms with E-state index in [4.69, 9.17) is 19.2 Å². The number of hydrogen-bond donors (Lipinski definition) is 3. The van der Waals surface area contributed by atoms with Crippen molar-refractivity contribution >= 4 is 56.5 Å². The Bertz CT molecular complexity index is 2170. The molecule has 326 valence electrons. The number of methoxy groups -OCH3 is 1. The topological polar surface area (TPSA) is 203 Å². The summed E-state index contributed by atoms with van der Waals surface area (Å²) in [5, 5.41) is 5.72. The molecule has 16 nitrogen and oxygen atoms in total. The summed E-state index contributed by atoms with van der Waals surface area (Å²) in [5.41, 5.74) is -0.583. The number of hydrogen-bond acceptors (Lipinski definition) is 11. The van der Waals surface area contributed by atoms with Crippen molar-refractivity contribution in [3.05, 3.63) is 36.4 Å². The van der Waals surface area contributed by atoms with Gasteiger partial charge in [-0.25, -0.2) is 18.2 Å². The number of aryl methyl sites for hydroxylation is 1. The SMILES string of the molecule is C=C[C@@H]1CC1(NC(=O)[C@@H]1C[C@@H]2CN1C(=O)[C@H](C1CCCCC1)NC(=O)OCC(C)(C)CCCc1cc3c(cc(N(C)C(C)=O)nc3cc1OC)O2)C(=O)NS(=O)(=O)C1CC1. The number of carbonyl (C=O) groups is 5. The summed E-state index contributed by atoms with van der Waals surface area (Å²) in [7, 11) is -0.746. The molecule has 4 bridgehead atoms. The quantitative estimate of drug-likeness (QED) is 0.304. The first-order valence-electron chi connectivity index (χ1n) is 21.1. The third kappa shape index (κ3) is 9.05. The fourth-order valence-corrected chi connectivity index (χ4v) is 10.3. The van der Waals surface area contributed by atoms with Gasteiger partial charge in [0.2, 0.25) is 27.7 Å². The van der Waals surface area contributed by atoms with Crippen LogP contribution in [-0.2, 0) is 40.4 Å². The molecule has 2 aromatic rings. The van der Waals surface area contributed by atoms with Crippen molar-refractivity contribution in [2.45, 2.75) is 127 Å².